The van der Waals surface area contributed by atoms with Crippen LogP contribution in [0.1, 0.15) is 29.5 Å². The van der Waals surface area contributed by atoms with E-state index in [2.05, 4.69) is 70.5 Å². The van der Waals surface area contributed by atoms with Gasteiger partial charge in [-0.3, -0.25) is 4.98 Å². The van der Waals surface area contributed by atoms with Gasteiger partial charge >= 0.3 is 0 Å². The van der Waals surface area contributed by atoms with Crippen molar-refractivity contribution in [3.63, 3.8) is 0 Å². The normalized spacial score (nSPS) is 14.7. The van der Waals surface area contributed by atoms with E-state index in [1.165, 1.54) is 22.3 Å². The van der Waals surface area contributed by atoms with Crippen molar-refractivity contribution in [1.29, 1.82) is 0 Å². The zero-order valence-corrected chi connectivity index (χ0v) is 16.8. The zero-order chi connectivity index (χ0) is 19.7. The third kappa shape index (κ3) is 5.41. The first kappa shape index (κ1) is 19.6. The van der Waals surface area contributed by atoms with Crippen LogP contribution in [0.4, 0.5) is 0 Å². The summed E-state index contributed by atoms with van der Waals surface area (Å²) in [6, 6.07) is 25.6. The maximum atomic E-state index is 5.85. The van der Waals surface area contributed by atoms with Crippen molar-refractivity contribution in [3.8, 4) is 0 Å². The quantitative estimate of drug-likeness (QED) is 0.524. The van der Waals surface area contributed by atoms with E-state index in [1.54, 1.807) is 5.57 Å². The highest BCUT2D eigenvalue weighted by Gasteiger charge is 2.18. The summed E-state index contributed by atoms with van der Waals surface area (Å²) in [5.41, 5.74) is 6.81. The summed E-state index contributed by atoms with van der Waals surface area (Å²) < 4.78 is 5.85. The fourth-order valence-corrected chi connectivity index (χ4v) is 3.94. The molecular formula is C26H28N2O. The molecule has 0 amide bonds. The summed E-state index contributed by atoms with van der Waals surface area (Å²) in [4.78, 5) is 6.56. The maximum absolute atomic E-state index is 5.85. The molecule has 3 nitrogen and oxygen atoms in total. The highest BCUT2D eigenvalue weighted by Crippen LogP contribution is 2.32. The molecule has 0 radical (unpaired) electrons. The fourth-order valence-electron chi connectivity index (χ4n) is 3.94. The lowest BCUT2D eigenvalue weighted by atomic mass is 9.88. The highest BCUT2D eigenvalue weighted by molar-refractivity contribution is 5.82. The van der Waals surface area contributed by atoms with Crippen LogP contribution >= 0.6 is 0 Å². The minimum atomic E-state index is 0.660. The number of ether oxygens (including phenoxy) is 1. The molecule has 1 aliphatic heterocycles. The molecule has 0 unspecified atom stereocenters. The molecule has 0 atom stereocenters. The summed E-state index contributed by atoms with van der Waals surface area (Å²) in [5.74, 6) is 0. The summed E-state index contributed by atoms with van der Waals surface area (Å²) in [7, 11) is 0. The van der Waals surface area contributed by atoms with Crippen LogP contribution in [0.5, 0.6) is 0 Å². The Morgan fingerprint density at radius 2 is 1.38 bits per heavy atom. The molecule has 0 bridgehead atoms. The second-order valence-corrected chi connectivity index (χ2v) is 7.46. The highest BCUT2D eigenvalue weighted by atomic mass is 16.5. The molecule has 1 aliphatic rings. The van der Waals surface area contributed by atoms with E-state index in [0.29, 0.717) is 6.61 Å². The second kappa shape index (κ2) is 10.1. The number of benzene rings is 2. The molecule has 0 aliphatic carbocycles. The van der Waals surface area contributed by atoms with Gasteiger partial charge in [0, 0.05) is 32.0 Å². The Balaban J connectivity index is 1.36. The lowest BCUT2D eigenvalue weighted by Gasteiger charge is -2.30. The lowest BCUT2D eigenvalue weighted by molar-refractivity contribution is 0.0901. The molecule has 0 spiro atoms. The summed E-state index contributed by atoms with van der Waals surface area (Å²) in [6.45, 7) is 4.61. The van der Waals surface area contributed by atoms with Gasteiger partial charge in [-0.05, 0) is 47.2 Å². The number of piperidine rings is 1. The molecule has 3 heteroatoms. The molecule has 2 heterocycles. The molecule has 1 aromatic heterocycles. The van der Waals surface area contributed by atoms with Crippen LogP contribution in [-0.2, 0) is 11.3 Å². The fraction of sp³-hybridized carbons (Fsp3) is 0.269. The van der Waals surface area contributed by atoms with Crippen LogP contribution in [0.2, 0.25) is 0 Å². The first-order valence-electron chi connectivity index (χ1n) is 10.4. The van der Waals surface area contributed by atoms with Crippen molar-refractivity contribution in [3.05, 3.63) is 107 Å². The van der Waals surface area contributed by atoms with Crippen molar-refractivity contribution in [1.82, 2.24) is 9.88 Å². The van der Waals surface area contributed by atoms with Crippen LogP contribution in [0, 0.1) is 0 Å². The zero-order valence-electron chi connectivity index (χ0n) is 16.8. The van der Waals surface area contributed by atoms with Gasteiger partial charge in [0.15, 0.2) is 0 Å². The topological polar surface area (TPSA) is 25.4 Å². The van der Waals surface area contributed by atoms with Gasteiger partial charge in [-0.15, -0.1) is 0 Å². The van der Waals surface area contributed by atoms with E-state index in [0.717, 1.165) is 39.1 Å². The van der Waals surface area contributed by atoms with Gasteiger partial charge in [0.2, 0.25) is 0 Å². The van der Waals surface area contributed by atoms with Gasteiger partial charge in [-0.1, -0.05) is 66.2 Å². The smallest absolute Gasteiger partial charge is 0.0718 e. The van der Waals surface area contributed by atoms with Crippen molar-refractivity contribution in [2.45, 2.75) is 19.4 Å². The van der Waals surface area contributed by atoms with Gasteiger partial charge in [-0.2, -0.15) is 0 Å². The first-order chi connectivity index (χ1) is 14.4. The Morgan fingerprint density at radius 1 is 0.793 bits per heavy atom. The Morgan fingerprint density at radius 3 is 1.97 bits per heavy atom. The SMILES string of the molecule is c1ccc(C(=C2CCN(CCOCc3ccncc3)CC2)c2ccccc2)cc1. The van der Waals surface area contributed by atoms with Gasteiger partial charge in [0.1, 0.15) is 0 Å². The van der Waals surface area contributed by atoms with E-state index >= 15 is 0 Å². The molecule has 2 aromatic carbocycles. The minimum absolute atomic E-state index is 0.660. The lowest BCUT2D eigenvalue weighted by Crippen LogP contribution is -2.33. The summed E-state index contributed by atoms with van der Waals surface area (Å²) in [5, 5.41) is 0. The number of hydrogen-bond donors (Lipinski definition) is 0. The second-order valence-electron chi connectivity index (χ2n) is 7.46. The van der Waals surface area contributed by atoms with E-state index in [-0.39, 0.29) is 0 Å². The van der Waals surface area contributed by atoms with E-state index < -0.39 is 0 Å². The molecule has 3 aromatic rings. The summed E-state index contributed by atoms with van der Waals surface area (Å²) >= 11 is 0. The third-order valence-electron chi connectivity index (χ3n) is 5.51. The minimum Gasteiger partial charge on any atom is -0.375 e. The molecule has 4 rings (SSSR count). The van der Waals surface area contributed by atoms with Gasteiger partial charge in [-0.25, -0.2) is 0 Å². The molecule has 1 saturated heterocycles. The molecular weight excluding hydrogens is 356 g/mol. The van der Waals surface area contributed by atoms with E-state index in [9.17, 15) is 0 Å². The first-order valence-corrected chi connectivity index (χ1v) is 10.4. The van der Waals surface area contributed by atoms with Crippen molar-refractivity contribution < 1.29 is 4.74 Å². The largest absolute Gasteiger partial charge is 0.375 e. The van der Waals surface area contributed by atoms with Gasteiger partial charge < -0.3 is 9.64 Å². The average Bonchev–Trinajstić information content (AvgIpc) is 2.80. The standard InChI is InChI=1S/C26H28N2O/c1-3-7-23(8-4-1)26(24-9-5-2-6-10-24)25-13-17-28(18-14-25)19-20-29-21-22-11-15-27-16-12-22/h1-12,15-16H,13-14,17-21H2. The number of rotatable bonds is 7. The number of hydrogen-bond acceptors (Lipinski definition) is 3. The van der Waals surface area contributed by atoms with Crippen LogP contribution < -0.4 is 0 Å². The number of pyridine rings is 1. The Kier molecular flexibility index (Phi) is 6.85. The molecule has 0 N–H and O–H groups in total. The van der Waals surface area contributed by atoms with E-state index in [1.807, 2.05) is 24.5 Å². The Bertz CT molecular complexity index is 856. The van der Waals surface area contributed by atoms with Crippen molar-refractivity contribution in [2.75, 3.05) is 26.2 Å². The van der Waals surface area contributed by atoms with Gasteiger partial charge in [0.05, 0.1) is 13.2 Å². The summed E-state index contributed by atoms with van der Waals surface area (Å²) in [6.07, 6.45) is 5.86. The van der Waals surface area contributed by atoms with Crippen LogP contribution in [0.3, 0.4) is 0 Å². The Labute approximate surface area is 173 Å². The maximum Gasteiger partial charge on any atom is 0.0718 e. The van der Waals surface area contributed by atoms with Crippen LogP contribution in [0.15, 0.2) is 90.8 Å². The van der Waals surface area contributed by atoms with Crippen LogP contribution in [-0.4, -0.2) is 36.1 Å². The monoisotopic (exact) mass is 384 g/mol. The van der Waals surface area contributed by atoms with Crippen LogP contribution in [0.25, 0.3) is 5.57 Å². The molecule has 29 heavy (non-hydrogen) atoms. The predicted molar refractivity (Wildman–Crippen MR) is 118 cm³/mol. The molecule has 0 saturated carbocycles. The van der Waals surface area contributed by atoms with Crippen molar-refractivity contribution in [2.24, 2.45) is 0 Å². The van der Waals surface area contributed by atoms with Gasteiger partial charge in [0.25, 0.3) is 0 Å². The third-order valence-corrected chi connectivity index (χ3v) is 5.51. The average molecular weight is 385 g/mol. The molecule has 1 fully saturated rings. The molecule has 148 valence electrons. The van der Waals surface area contributed by atoms with E-state index in [4.69, 9.17) is 4.74 Å². The predicted octanol–water partition coefficient (Wildman–Crippen LogP) is 5.20. The Hall–Kier alpha value is -2.75. The number of aromatic nitrogens is 1. The number of nitrogens with zero attached hydrogens (tertiary/aromatic N) is 2. The van der Waals surface area contributed by atoms with Crippen molar-refractivity contribution >= 4 is 5.57 Å². The number of likely N-dealkylation sites (tertiary alicyclic amines) is 1.